The van der Waals surface area contributed by atoms with Crippen molar-refractivity contribution in [1.29, 1.82) is 0 Å². The molecule has 7 heteroatoms. The summed E-state index contributed by atoms with van der Waals surface area (Å²) in [6, 6.07) is 18.1. The van der Waals surface area contributed by atoms with Crippen LogP contribution in [0.15, 0.2) is 70.7 Å². The summed E-state index contributed by atoms with van der Waals surface area (Å²) in [4.78, 5) is 18.1. The number of rotatable bonds is 6. The second-order valence-corrected chi connectivity index (χ2v) is 8.22. The van der Waals surface area contributed by atoms with Crippen LogP contribution in [0.5, 0.6) is 0 Å². The van der Waals surface area contributed by atoms with Crippen LogP contribution in [0.3, 0.4) is 0 Å². The van der Waals surface area contributed by atoms with Gasteiger partial charge in [-0.05, 0) is 43.1 Å². The minimum Gasteiger partial charge on any atom is -0.330 e. The van der Waals surface area contributed by atoms with Crippen LogP contribution in [-0.4, -0.2) is 25.9 Å². The van der Waals surface area contributed by atoms with Gasteiger partial charge in [0.05, 0.1) is 11.9 Å². The van der Waals surface area contributed by atoms with Gasteiger partial charge in [0.15, 0.2) is 10.8 Å². The lowest BCUT2D eigenvalue weighted by Gasteiger charge is -2.16. The first-order valence-corrected chi connectivity index (χ1v) is 10.4. The maximum absolute atomic E-state index is 13.3. The molecule has 0 saturated carbocycles. The molecule has 4 aromatic rings. The predicted octanol–water partition coefficient (Wildman–Crippen LogP) is 3.47. The maximum atomic E-state index is 13.3. The van der Waals surface area contributed by atoms with E-state index in [4.69, 9.17) is 10.7 Å². The van der Waals surface area contributed by atoms with Gasteiger partial charge in [-0.3, -0.25) is 14.0 Å². The summed E-state index contributed by atoms with van der Waals surface area (Å²) in [6.45, 7) is 2.71. The van der Waals surface area contributed by atoms with E-state index in [9.17, 15) is 4.79 Å². The summed E-state index contributed by atoms with van der Waals surface area (Å²) >= 11 is 1.56. The molecule has 0 fully saturated rings. The van der Waals surface area contributed by atoms with Crippen LogP contribution in [0.1, 0.15) is 23.3 Å². The van der Waals surface area contributed by atoms with Crippen molar-refractivity contribution in [3.63, 3.8) is 0 Å². The molecule has 29 heavy (non-hydrogen) atoms. The first-order chi connectivity index (χ1) is 14.1. The van der Waals surface area contributed by atoms with Gasteiger partial charge in [-0.1, -0.05) is 54.2 Å². The summed E-state index contributed by atoms with van der Waals surface area (Å²) in [5.41, 5.74) is 9.25. The quantitative estimate of drug-likeness (QED) is 0.392. The third-order valence-corrected chi connectivity index (χ3v) is 6.02. The highest BCUT2D eigenvalue weighted by Gasteiger charge is 2.18. The van der Waals surface area contributed by atoms with E-state index in [0.29, 0.717) is 22.7 Å². The highest BCUT2D eigenvalue weighted by atomic mass is 32.2. The first kappa shape index (κ1) is 19.4. The summed E-state index contributed by atoms with van der Waals surface area (Å²) in [7, 11) is 1.80. The molecular weight excluding hydrogens is 382 g/mol. The fraction of sp³-hybridized carbons (Fsp3) is 0.227. The molecule has 2 aromatic heterocycles. The average molecular weight is 406 g/mol. The largest absolute Gasteiger partial charge is 0.330 e. The van der Waals surface area contributed by atoms with Gasteiger partial charge >= 0.3 is 0 Å². The van der Waals surface area contributed by atoms with Gasteiger partial charge in [0.2, 0.25) is 0 Å². The molecule has 148 valence electrons. The van der Waals surface area contributed by atoms with Crippen molar-refractivity contribution in [2.24, 2.45) is 12.8 Å². The summed E-state index contributed by atoms with van der Waals surface area (Å²) < 4.78 is 3.32. The maximum Gasteiger partial charge on any atom is 0.269 e. The lowest BCUT2D eigenvalue weighted by Crippen LogP contribution is -2.22. The molecule has 0 bridgehead atoms. The van der Waals surface area contributed by atoms with Gasteiger partial charge in [-0.2, -0.15) is 5.10 Å². The number of aryl methyl sites for hydroxylation is 1. The standard InChI is InChI=1S/C22H23N5OS/c1-15(17-6-4-3-5-7-17)29-22-25-20-19(14-24-26(20)2)21(28)27(22)18-10-8-16(9-11-18)12-13-23/h3-11,14-15H,12-13,23H2,1-2H3. The lowest BCUT2D eigenvalue weighted by atomic mass is 10.1. The van der Waals surface area contributed by atoms with Crippen LogP contribution in [0.4, 0.5) is 0 Å². The number of hydrogen-bond acceptors (Lipinski definition) is 5. The van der Waals surface area contributed by atoms with Crippen molar-refractivity contribution in [3.8, 4) is 5.69 Å². The topological polar surface area (TPSA) is 78.7 Å². The number of nitrogens with two attached hydrogens (primary N) is 1. The number of hydrogen-bond donors (Lipinski definition) is 1. The SMILES string of the molecule is CC(Sc1nc2c(cnn2C)c(=O)n1-c1ccc(CCN)cc1)c1ccccc1. The molecule has 2 aromatic carbocycles. The normalized spacial score (nSPS) is 12.4. The van der Waals surface area contributed by atoms with Gasteiger partial charge in [-0.25, -0.2) is 4.98 Å². The third-order valence-electron chi connectivity index (χ3n) is 4.91. The van der Waals surface area contributed by atoms with Crippen molar-refractivity contribution in [1.82, 2.24) is 19.3 Å². The molecule has 0 spiro atoms. The number of benzene rings is 2. The molecular formula is C22H23N5OS. The van der Waals surface area contributed by atoms with Gasteiger partial charge in [-0.15, -0.1) is 0 Å². The van der Waals surface area contributed by atoms with E-state index in [1.165, 1.54) is 5.56 Å². The van der Waals surface area contributed by atoms with Crippen molar-refractivity contribution in [3.05, 3.63) is 82.3 Å². The van der Waals surface area contributed by atoms with Crippen LogP contribution in [0.2, 0.25) is 0 Å². The minimum absolute atomic E-state index is 0.113. The van der Waals surface area contributed by atoms with E-state index in [1.807, 2.05) is 42.5 Å². The Kier molecular flexibility index (Phi) is 5.51. The summed E-state index contributed by atoms with van der Waals surface area (Å²) in [5.74, 6) is 0. The molecule has 4 rings (SSSR count). The van der Waals surface area contributed by atoms with E-state index in [0.717, 1.165) is 17.7 Å². The van der Waals surface area contributed by atoms with Gasteiger partial charge in [0, 0.05) is 12.3 Å². The van der Waals surface area contributed by atoms with Crippen LogP contribution in [0, 0.1) is 0 Å². The van der Waals surface area contributed by atoms with Gasteiger partial charge in [0.25, 0.3) is 5.56 Å². The smallest absolute Gasteiger partial charge is 0.269 e. The molecule has 0 aliphatic carbocycles. The Bertz CT molecular complexity index is 1180. The molecule has 0 aliphatic heterocycles. The number of nitrogens with zero attached hydrogens (tertiary/aromatic N) is 4. The minimum atomic E-state index is -0.113. The Labute approximate surface area is 173 Å². The summed E-state index contributed by atoms with van der Waals surface area (Å²) in [5, 5.41) is 5.52. The van der Waals surface area contributed by atoms with E-state index < -0.39 is 0 Å². The third kappa shape index (κ3) is 3.83. The Morgan fingerprint density at radius 2 is 1.83 bits per heavy atom. The van der Waals surface area contributed by atoms with Crippen molar-refractivity contribution >= 4 is 22.8 Å². The summed E-state index contributed by atoms with van der Waals surface area (Å²) in [6.07, 6.45) is 2.39. The molecule has 1 atom stereocenters. The molecule has 6 nitrogen and oxygen atoms in total. The molecule has 2 heterocycles. The number of thioether (sulfide) groups is 1. The van der Waals surface area contributed by atoms with E-state index in [1.54, 1.807) is 34.3 Å². The Morgan fingerprint density at radius 3 is 2.52 bits per heavy atom. The van der Waals surface area contributed by atoms with E-state index >= 15 is 0 Å². The zero-order valence-electron chi connectivity index (χ0n) is 16.4. The number of fused-ring (bicyclic) bond motifs is 1. The lowest BCUT2D eigenvalue weighted by molar-refractivity contribution is 0.757. The van der Waals surface area contributed by atoms with E-state index in [2.05, 4.69) is 24.2 Å². The Hall–Kier alpha value is -2.90. The fourth-order valence-corrected chi connectivity index (χ4v) is 4.34. The fourth-order valence-electron chi connectivity index (χ4n) is 3.30. The van der Waals surface area contributed by atoms with Crippen LogP contribution in [-0.2, 0) is 13.5 Å². The monoisotopic (exact) mass is 405 g/mol. The highest BCUT2D eigenvalue weighted by molar-refractivity contribution is 7.99. The van der Waals surface area contributed by atoms with Crippen molar-refractivity contribution in [2.45, 2.75) is 23.8 Å². The average Bonchev–Trinajstić information content (AvgIpc) is 3.11. The highest BCUT2D eigenvalue weighted by Crippen LogP contribution is 2.34. The van der Waals surface area contributed by atoms with Crippen molar-refractivity contribution < 1.29 is 0 Å². The van der Waals surface area contributed by atoms with E-state index in [-0.39, 0.29) is 10.8 Å². The Balaban J connectivity index is 1.84. The van der Waals surface area contributed by atoms with Crippen LogP contribution < -0.4 is 11.3 Å². The molecule has 0 saturated heterocycles. The molecule has 2 N–H and O–H groups in total. The first-order valence-electron chi connectivity index (χ1n) is 9.54. The van der Waals surface area contributed by atoms with Crippen molar-refractivity contribution in [2.75, 3.05) is 6.54 Å². The van der Waals surface area contributed by atoms with Crippen LogP contribution >= 0.6 is 11.8 Å². The van der Waals surface area contributed by atoms with Gasteiger partial charge in [0.1, 0.15) is 5.39 Å². The number of aromatic nitrogens is 4. The Morgan fingerprint density at radius 1 is 1.10 bits per heavy atom. The molecule has 0 amide bonds. The second-order valence-electron chi connectivity index (χ2n) is 6.92. The van der Waals surface area contributed by atoms with Gasteiger partial charge < -0.3 is 5.73 Å². The second kappa shape index (κ2) is 8.23. The molecule has 0 aliphatic rings. The molecule has 1 unspecified atom stereocenters. The zero-order chi connectivity index (χ0) is 20.4. The van der Waals surface area contributed by atoms with Crippen LogP contribution in [0.25, 0.3) is 16.7 Å². The molecule has 0 radical (unpaired) electrons. The zero-order valence-corrected chi connectivity index (χ0v) is 17.3. The predicted molar refractivity (Wildman–Crippen MR) is 118 cm³/mol.